The molecule has 35 heavy (non-hydrogen) atoms. The Hall–Kier alpha value is -2.97. The second kappa shape index (κ2) is 9.59. The monoisotopic (exact) mass is 506 g/mol. The second-order valence-electron chi connectivity index (χ2n) is 9.36. The summed E-state index contributed by atoms with van der Waals surface area (Å²) in [5.41, 5.74) is 4.70. The van der Waals surface area contributed by atoms with Gasteiger partial charge in [0.05, 0.1) is 17.9 Å². The molecule has 3 atom stereocenters. The van der Waals surface area contributed by atoms with Crippen molar-refractivity contribution in [2.24, 2.45) is 5.92 Å². The van der Waals surface area contributed by atoms with E-state index in [1.807, 2.05) is 18.2 Å². The van der Waals surface area contributed by atoms with E-state index in [2.05, 4.69) is 41.3 Å². The van der Waals surface area contributed by atoms with Crippen molar-refractivity contribution in [2.45, 2.75) is 44.6 Å². The van der Waals surface area contributed by atoms with E-state index in [9.17, 15) is 14.4 Å². The van der Waals surface area contributed by atoms with Crippen LogP contribution in [-0.4, -0.2) is 44.6 Å². The number of nitrogens with zero attached hydrogens (tertiary/aromatic N) is 2. The SMILES string of the molecule is CC(CC(=O)O)C(=O)CN1C(=O)/C(=C\c2ccc3c(c2)C2CCCC2N3c2ccccc2)SC1=S. The first kappa shape index (κ1) is 23.8. The van der Waals surface area contributed by atoms with Crippen molar-refractivity contribution in [3.05, 3.63) is 64.6 Å². The summed E-state index contributed by atoms with van der Waals surface area (Å²) in [5, 5.41) is 8.93. The molecule has 2 aromatic rings. The van der Waals surface area contributed by atoms with Crippen molar-refractivity contribution in [3.63, 3.8) is 0 Å². The number of aliphatic carboxylic acids is 1. The summed E-state index contributed by atoms with van der Waals surface area (Å²) >= 11 is 6.55. The molecule has 180 valence electrons. The summed E-state index contributed by atoms with van der Waals surface area (Å²) in [4.78, 5) is 40.6. The zero-order valence-corrected chi connectivity index (χ0v) is 21.0. The molecule has 0 spiro atoms. The molecule has 2 aromatic carbocycles. The molecule has 0 aromatic heterocycles. The van der Waals surface area contributed by atoms with Crippen LogP contribution in [0.4, 0.5) is 11.4 Å². The molecule has 1 saturated heterocycles. The van der Waals surface area contributed by atoms with Gasteiger partial charge in [0, 0.05) is 29.3 Å². The third kappa shape index (κ3) is 4.52. The summed E-state index contributed by atoms with van der Waals surface area (Å²) in [5.74, 6) is -1.86. The summed E-state index contributed by atoms with van der Waals surface area (Å²) in [6.07, 6.45) is 5.11. The van der Waals surface area contributed by atoms with E-state index >= 15 is 0 Å². The fourth-order valence-electron chi connectivity index (χ4n) is 5.36. The maximum atomic E-state index is 13.0. The highest BCUT2D eigenvalue weighted by molar-refractivity contribution is 8.26. The zero-order valence-electron chi connectivity index (χ0n) is 19.3. The van der Waals surface area contributed by atoms with Gasteiger partial charge in [-0.15, -0.1) is 0 Å². The molecule has 2 heterocycles. The molecule has 2 aliphatic heterocycles. The quantitative estimate of drug-likeness (QED) is 0.400. The van der Waals surface area contributed by atoms with Crippen molar-refractivity contribution < 1.29 is 19.5 Å². The lowest BCUT2D eigenvalue weighted by Crippen LogP contribution is -2.36. The molecule has 1 saturated carbocycles. The van der Waals surface area contributed by atoms with Crippen LogP contribution in [0, 0.1) is 5.92 Å². The van der Waals surface area contributed by atoms with Crippen molar-refractivity contribution in [1.29, 1.82) is 0 Å². The van der Waals surface area contributed by atoms with Crippen LogP contribution in [0.2, 0.25) is 0 Å². The van der Waals surface area contributed by atoms with E-state index in [0.717, 1.165) is 18.4 Å². The Morgan fingerprint density at radius 3 is 2.71 bits per heavy atom. The second-order valence-corrected chi connectivity index (χ2v) is 11.0. The topological polar surface area (TPSA) is 77.9 Å². The summed E-state index contributed by atoms with van der Waals surface area (Å²) < 4.78 is 0.324. The van der Waals surface area contributed by atoms with Crippen LogP contribution in [-0.2, 0) is 14.4 Å². The first-order valence-corrected chi connectivity index (χ1v) is 13.0. The van der Waals surface area contributed by atoms with Gasteiger partial charge >= 0.3 is 5.97 Å². The summed E-state index contributed by atoms with van der Waals surface area (Å²) in [6, 6.07) is 17.3. The lowest BCUT2D eigenvalue weighted by molar-refractivity contribution is -0.140. The summed E-state index contributed by atoms with van der Waals surface area (Å²) in [7, 11) is 0. The van der Waals surface area contributed by atoms with Crippen molar-refractivity contribution >= 4 is 63.4 Å². The van der Waals surface area contributed by atoms with Gasteiger partial charge in [-0.2, -0.15) is 0 Å². The van der Waals surface area contributed by atoms with E-state index in [4.69, 9.17) is 17.3 Å². The number of Topliss-reactive ketones (excluding diaryl/α,β-unsaturated/α-hetero) is 1. The smallest absolute Gasteiger partial charge is 0.304 e. The largest absolute Gasteiger partial charge is 0.481 e. The normalized spacial score (nSPS) is 23.1. The highest BCUT2D eigenvalue weighted by atomic mass is 32.2. The molecule has 5 rings (SSSR count). The van der Waals surface area contributed by atoms with E-state index < -0.39 is 11.9 Å². The number of hydrogen-bond donors (Lipinski definition) is 1. The Labute approximate surface area is 214 Å². The molecule has 0 radical (unpaired) electrons. The lowest BCUT2D eigenvalue weighted by Gasteiger charge is -2.27. The highest BCUT2D eigenvalue weighted by Crippen LogP contribution is 2.52. The Balaban J connectivity index is 1.38. The van der Waals surface area contributed by atoms with Gasteiger partial charge in [0.15, 0.2) is 5.78 Å². The molecule has 1 aliphatic carbocycles. The van der Waals surface area contributed by atoms with Crippen LogP contribution < -0.4 is 4.90 Å². The van der Waals surface area contributed by atoms with E-state index in [1.54, 1.807) is 6.92 Å². The third-order valence-corrected chi connectivity index (χ3v) is 8.45. The fourth-order valence-corrected chi connectivity index (χ4v) is 6.62. The Morgan fingerprint density at radius 1 is 1.20 bits per heavy atom. The third-order valence-electron chi connectivity index (χ3n) is 7.07. The minimum absolute atomic E-state index is 0.198. The minimum Gasteiger partial charge on any atom is -0.481 e. The predicted molar refractivity (Wildman–Crippen MR) is 142 cm³/mol. The molecule has 2 fully saturated rings. The molecular weight excluding hydrogens is 480 g/mol. The number of rotatable bonds is 7. The van der Waals surface area contributed by atoms with E-state index in [0.29, 0.717) is 21.2 Å². The van der Waals surface area contributed by atoms with Gasteiger partial charge in [-0.1, -0.05) is 61.6 Å². The van der Waals surface area contributed by atoms with Crippen LogP contribution in [0.3, 0.4) is 0 Å². The number of thioether (sulfide) groups is 1. The number of hydrogen-bond acceptors (Lipinski definition) is 6. The van der Waals surface area contributed by atoms with E-state index in [1.165, 1.54) is 40.0 Å². The number of carboxylic acid groups (broad SMARTS) is 1. The Kier molecular flexibility index (Phi) is 6.51. The molecule has 6 nitrogen and oxygen atoms in total. The van der Waals surface area contributed by atoms with Crippen LogP contribution in [0.25, 0.3) is 6.08 Å². The molecule has 3 unspecified atom stereocenters. The standard InChI is InChI=1S/C27H26N2O4S2/c1-16(12-25(31)32)23(30)15-28-26(33)24(35-27(28)34)14-17-10-11-22-20(13-17)19-8-5-9-21(19)29(22)18-6-3-2-4-7-18/h2-4,6-7,10-11,13-14,16,19,21H,5,8-9,12,15H2,1H3,(H,31,32)/b24-14+. The number of para-hydroxylation sites is 1. The molecule has 0 bridgehead atoms. The van der Waals surface area contributed by atoms with Crippen molar-refractivity contribution in [3.8, 4) is 0 Å². The number of ketones is 1. The van der Waals surface area contributed by atoms with Gasteiger partial charge in [0.2, 0.25) is 0 Å². The molecule has 8 heteroatoms. The lowest BCUT2D eigenvalue weighted by atomic mass is 9.96. The minimum atomic E-state index is -1.04. The molecule has 3 aliphatic rings. The van der Waals surface area contributed by atoms with Gasteiger partial charge in [0.1, 0.15) is 4.32 Å². The number of anilines is 2. The van der Waals surface area contributed by atoms with Gasteiger partial charge in [-0.05, 0) is 54.3 Å². The van der Waals surface area contributed by atoms with Gasteiger partial charge in [0.25, 0.3) is 5.91 Å². The number of fused-ring (bicyclic) bond motifs is 3. The predicted octanol–water partition coefficient (Wildman–Crippen LogP) is 5.36. The maximum absolute atomic E-state index is 13.0. The summed E-state index contributed by atoms with van der Waals surface area (Å²) in [6.45, 7) is 1.36. The fraction of sp³-hybridized carbons (Fsp3) is 0.333. The highest BCUT2D eigenvalue weighted by Gasteiger charge is 2.42. The number of amides is 1. The molecule has 1 N–H and O–H groups in total. The number of carbonyl (C=O) groups is 3. The molecular formula is C27H26N2O4S2. The first-order chi connectivity index (χ1) is 16.8. The average molecular weight is 507 g/mol. The first-order valence-electron chi connectivity index (χ1n) is 11.8. The number of carbonyl (C=O) groups excluding carboxylic acids is 2. The van der Waals surface area contributed by atoms with Gasteiger partial charge in [-0.25, -0.2) is 0 Å². The van der Waals surface area contributed by atoms with Crippen LogP contribution >= 0.6 is 24.0 Å². The van der Waals surface area contributed by atoms with Gasteiger partial charge in [-0.3, -0.25) is 19.3 Å². The van der Waals surface area contributed by atoms with Crippen molar-refractivity contribution in [1.82, 2.24) is 4.90 Å². The zero-order chi connectivity index (χ0) is 24.7. The number of benzene rings is 2. The number of carboxylic acids is 1. The van der Waals surface area contributed by atoms with Crippen molar-refractivity contribution in [2.75, 3.05) is 11.4 Å². The van der Waals surface area contributed by atoms with Crippen LogP contribution in [0.5, 0.6) is 0 Å². The number of thiocarbonyl (C=S) groups is 1. The van der Waals surface area contributed by atoms with Gasteiger partial charge < -0.3 is 10.0 Å². The average Bonchev–Trinajstić information content (AvgIpc) is 3.49. The molecule has 1 amide bonds. The maximum Gasteiger partial charge on any atom is 0.304 e. The van der Waals surface area contributed by atoms with Crippen LogP contribution in [0.1, 0.15) is 49.7 Å². The Morgan fingerprint density at radius 2 is 1.97 bits per heavy atom. The Bertz CT molecular complexity index is 1240. The van der Waals surface area contributed by atoms with Crippen LogP contribution in [0.15, 0.2) is 53.4 Å². The van der Waals surface area contributed by atoms with E-state index in [-0.39, 0.29) is 24.7 Å².